The number of thioether (sulfide) groups is 1. The van der Waals surface area contributed by atoms with Gasteiger partial charge in [-0.2, -0.15) is 5.10 Å². The summed E-state index contributed by atoms with van der Waals surface area (Å²) in [5.41, 5.74) is 2.53. The van der Waals surface area contributed by atoms with Crippen LogP contribution >= 0.6 is 23.1 Å². The Balaban J connectivity index is 1.32. The van der Waals surface area contributed by atoms with Gasteiger partial charge in [0.2, 0.25) is 5.91 Å². The molecule has 3 aromatic heterocycles. The molecule has 0 radical (unpaired) electrons. The fourth-order valence-corrected chi connectivity index (χ4v) is 4.86. The average Bonchev–Trinajstić information content (AvgIpc) is 3.29. The number of benzene rings is 1. The molecule has 0 aliphatic heterocycles. The van der Waals surface area contributed by atoms with Gasteiger partial charge in [-0.05, 0) is 38.1 Å². The highest BCUT2D eigenvalue weighted by molar-refractivity contribution is 8.01. The predicted octanol–water partition coefficient (Wildman–Crippen LogP) is 2.56. The standard InChI is InChI=1S/C20H20N6O2S2/c1-13-11-14(2)26(23-13)17-7-8-19(28)25(24-17)10-9-21-18(27)12-29-20-22-15-5-3-4-6-16(15)30-20/h3-8,11H,9-10,12H2,1-2H3,(H,21,27). The van der Waals surface area contributed by atoms with Crippen molar-refractivity contribution >= 4 is 39.2 Å². The third-order valence-electron chi connectivity index (χ3n) is 4.33. The number of fused-ring (bicyclic) bond motifs is 1. The number of hydrogen-bond donors (Lipinski definition) is 1. The number of aromatic nitrogens is 5. The second-order valence-electron chi connectivity index (χ2n) is 6.68. The Morgan fingerprint density at radius 1 is 1.17 bits per heavy atom. The molecule has 0 bridgehead atoms. The predicted molar refractivity (Wildman–Crippen MR) is 118 cm³/mol. The van der Waals surface area contributed by atoms with Crippen LogP contribution in [0.2, 0.25) is 0 Å². The molecule has 0 saturated carbocycles. The number of amides is 1. The van der Waals surface area contributed by atoms with E-state index in [1.807, 2.05) is 44.2 Å². The number of nitrogens with zero attached hydrogens (tertiary/aromatic N) is 5. The number of rotatable bonds is 7. The fraction of sp³-hybridized carbons (Fsp3) is 0.250. The summed E-state index contributed by atoms with van der Waals surface area (Å²) >= 11 is 2.98. The van der Waals surface area contributed by atoms with Crippen LogP contribution in [0.5, 0.6) is 0 Å². The van der Waals surface area contributed by atoms with E-state index >= 15 is 0 Å². The monoisotopic (exact) mass is 440 g/mol. The van der Waals surface area contributed by atoms with Crippen molar-refractivity contribution in [3.63, 3.8) is 0 Å². The molecule has 10 heteroatoms. The first-order chi connectivity index (χ1) is 14.5. The number of carbonyl (C=O) groups excluding carboxylic acids is 1. The van der Waals surface area contributed by atoms with E-state index in [4.69, 9.17) is 0 Å². The van der Waals surface area contributed by atoms with Crippen molar-refractivity contribution in [2.24, 2.45) is 0 Å². The molecule has 3 heterocycles. The minimum Gasteiger partial charge on any atom is -0.354 e. The van der Waals surface area contributed by atoms with Crippen molar-refractivity contribution in [1.82, 2.24) is 29.9 Å². The third-order valence-corrected chi connectivity index (χ3v) is 6.51. The van der Waals surface area contributed by atoms with E-state index < -0.39 is 0 Å². The number of para-hydroxylation sites is 1. The van der Waals surface area contributed by atoms with Crippen LogP contribution in [-0.2, 0) is 11.3 Å². The summed E-state index contributed by atoms with van der Waals surface area (Å²) in [6.07, 6.45) is 0. The summed E-state index contributed by atoms with van der Waals surface area (Å²) in [5, 5.41) is 11.6. The van der Waals surface area contributed by atoms with Crippen LogP contribution in [0.1, 0.15) is 11.4 Å². The summed E-state index contributed by atoms with van der Waals surface area (Å²) in [5.74, 6) is 0.730. The number of carbonyl (C=O) groups is 1. The highest BCUT2D eigenvalue weighted by Gasteiger charge is 2.09. The zero-order chi connectivity index (χ0) is 21.1. The van der Waals surface area contributed by atoms with Crippen molar-refractivity contribution in [2.45, 2.75) is 24.7 Å². The molecule has 0 aliphatic rings. The van der Waals surface area contributed by atoms with E-state index in [2.05, 4.69) is 20.5 Å². The molecule has 0 spiro atoms. The van der Waals surface area contributed by atoms with Gasteiger partial charge in [-0.1, -0.05) is 23.9 Å². The van der Waals surface area contributed by atoms with Crippen molar-refractivity contribution in [3.8, 4) is 5.82 Å². The molecule has 30 heavy (non-hydrogen) atoms. The highest BCUT2D eigenvalue weighted by atomic mass is 32.2. The van der Waals surface area contributed by atoms with E-state index in [0.29, 0.717) is 12.4 Å². The van der Waals surface area contributed by atoms with Crippen molar-refractivity contribution in [3.05, 3.63) is 64.2 Å². The maximum atomic E-state index is 12.2. The highest BCUT2D eigenvalue weighted by Crippen LogP contribution is 2.28. The molecular weight excluding hydrogens is 420 g/mol. The van der Waals surface area contributed by atoms with Crippen LogP contribution in [0.4, 0.5) is 0 Å². The van der Waals surface area contributed by atoms with Gasteiger partial charge in [-0.3, -0.25) is 9.59 Å². The van der Waals surface area contributed by atoms with Gasteiger partial charge in [0.05, 0.1) is 28.2 Å². The van der Waals surface area contributed by atoms with Gasteiger partial charge in [-0.15, -0.1) is 16.4 Å². The van der Waals surface area contributed by atoms with Crippen LogP contribution < -0.4 is 10.9 Å². The van der Waals surface area contributed by atoms with E-state index in [9.17, 15) is 9.59 Å². The Bertz CT molecular complexity index is 1230. The Labute approximate surface area is 180 Å². The van der Waals surface area contributed by atoms with Crippen molar-refractivity contribution in [2.75, 3.05) is 12.3 Å². The first-order valence-electron chi connectivity index (χ1n) is 9.36. The van der Waals surface area contributed by atoms with Gasteiger partial charge < -0.3 is 5.32 Å². The minimum atomic E-state index is -0.224. The summed E-state index contributed by atoms with van der Waals surface area (Å²) in [4.78, 5) is 28.8. The number of thiazole rings is 1. The van der Waals surface area contributed by atoms with Crippen LogP contribution in [-0.4, -0.2) is 42.7 Å². The Morgan fingerprint density at radius 2 is 2.00 bits per heavy atom. The van der Waals surface area contributed by atoms with E-state index in [1.165, 1.54) is 22.5 Å². The molecular formula is C20H20N6O2S2. The summed E-state index contributed by atoms with van der Waals surface area (Å²) in [6.45, 7) is 4.43. The van der Waals surface area contributed by atoms with Crippen LogP contribution in [0.3, 0.4) is 0 Å². The molecule has 154 valence electrons. The lowest BCUT2D eigenvalue weighted by Gasteiger charge is -2.09. The Kier molecular flexibility index (Phi) is 5.96. The van der Waals surface area contributed by atoms with Gasteiger partial charge in [0.15, 0.2) is 10.2 Å². The van der Waals surface area contributed by atoms with E-state index in [-0.39, 0.29) is 23.8 Å². The molecule has 4 aromatic rings. The van der Waals surface area contributed by atoms with Gasteiger partial charge in [0.25, 0.3) is 5.56 Å². The maximum Gasteiger partial charge on any atom is 0.266 e. The lowest BCUT2D eigenvalue weighted by molar-refractivity contribution is -0.118. The van der Waals surface area contributed by atoms with Gasteiger partial charge in [-0.25, -0.2) is 14.3 Å². The molecule has 0 saturated heterocycles. The maximum absolute atomic E-state index is 12.2. The second kappa shape index (κ2) is 8.80. The lowest BCUT2D eigenvalue weighted by atomic mass is 10.3. The van der Waals surface area contributed by atoms with Crippen LogP contribution in [0.25, 0.3) is 16.0 Å². The molecule has 0 aliphatic carbocycles. The van der Waals surface area contributed by atoms with Gasteiger partial charge >= 0.3 is 0 Å². The van der Waals surface area contributed by atoms with Gasteiger partial charge in [0.1, 0.15) is 0 Å². The summed E-state index contributed by atoms with van der Waals surface area (Å²) in [6, 6.07) is 12.9. The molecule has 0 atom stereocenters. The molecule has 1 aromatic carbocycles. The van der Waals surface area contributed by atoms with Gasteiger partial charge in [0, 0.05) is 18.3 Å². The molecule has 1 N–H and O–H groups in total. The van der Waals surface area contributed by atoms with Crippen LogP contribution in [0.15, 0.2) is 51.6 Å². The largest absolute Gasteiger partial charge is 0.354 e. The zero-order valence-electron chi connectivity index (χ0n) is 16.5. The SMILES string of the molecule is Cc1cc(C)n(-c2ccc(=O)n(CCNC(=O)CSc3nc4ccccc4s3)n2)n1. The fourth-order valence-electron chi connectivity index (χ4n) is 2.96. The Hall–Kier alpha value is -2.98. The lowest BCUT2D eigenvalue weighted by Crippen LogP contribution is -2.33. The van der Waals surface area contributed by atoms with Crippen LogP contribution in [0, 0.1) is 13.8 Å². The zero-order valence-corrected chi connectivity index (χ0v) is 18.2. The quantitative estimate of drug-likeness (QED) is 0.444. The molecule has 1 amide bonds. The first kappa shape index (κ1) is 20.3. The first-order valence-corrected chi connectivity index (χ1v) is 11.2. The second-order valence-corrected chi connectivity index (χ2v) is 8.93. The minimum absolute atomic E-state index is 0.109. The van der Waals surface area contributed by atoms with E-state index in [1.54, 1.807) is 22.1 Å². The topological polar surface area (TPSA) is 94.7 Å². The average molecular weight is 441 g/mol. The number of nitrogens with one attached hydrogen (secondary N) is 1. The summed E-state index contributed by atoms with van der Waals surface area (Å²) < 4.78 is 5.00. The van der Waals surface area contributed by atoms with E-state index in [0.717, 1.165) is 25.9 Å². The number of hydrogen-bond acceptors (Lipinski definition) is 7. The molecule has 8 nitrogen and oxygen atoms in total. The van der Waals surface area contributed by atoms with Crippen molar-refractivity contribution < 1.29 is 4.79 Å². The third kappa shape index (κ3) is 4.60. The smallest absolute Gasteiger partial charge is 0.266 e. The Morgan fingerprint density at radius 3 is 2.77 bits per heavy atom. The van der Waals surface area contributed by atoms with Crippen molar-refractivity contribution in [1.29, 1.82) is 0 Å². The molecule has 0 unspecified atom stereocenters. The normalized spacial score (nSPS) is 11.1. The summed E-state index contributed by atoms with van der Waals surface area (Å²) in [7, 11) is 0. The molecule has 4 rings (SSSR count). The number of aryl methyl sites for hydroxylation is 2. The molecule has 0 fully saturated rings.